The summed E-state index contributed by atoms with van der Waals surface area (Å²) in [6.07, 6.45) is 8.03. The molecule has 18 nitrogen and oxygen atoms in total. The van der Waals surface area contributed by atoms with E-state index in [4.69, 9.17) is 40.2 Å². The summed E-state index contributed by atoms with van der Waals surface area (Å²) >= 11 is 0. The largest absolute Gasteiger partial charge is 1.00 e. The molecule has 1 fully saturated rings. The molecule has 0 aliphatic carbocycles. The molecule has 372 valence electrons. The topological polar surface area (TPSA) is 256 Å². The zero-order valence-corrected chi connectivity index (χ0v) is 44.0. The van der Waals surface area contributed by atoms with Crippen molar-refractivity contribution in [3.8, 4) is 0 Å². The van der Waals surface area contributed by atoms with Crippen molar-refractivity contribution < 1.29 is 92.5 Å². The molecule has 4 N–H and O–H groups in total. The van der Waals surface area contributed by atoms with E-state index < -0.39 is 9.05 Å². The Bertz CT molecular complexity index is 1500. The molecular weight excluding hydrogens is 897 g/mol. The first-order valence-corrected chi connectivity index (χ1v) is 22.1. The summed E-state index contributed by atoms with van der Waals surface area (Å²) in [5, 5.41) is 33.7. The number of nitrogens with zero attached hydrogens (tertiary/aromatic N) is 5. The summed E-state index contributed by atoms with van der Waals surface area (Å²) in [5.41, 5.74) is 1.01. The SMILES string of the molecule is C=CCN(CCN1CCOC1C)C(C)=O.C=CCN(CCO)C(C)=O.C=CCN(CCOC)C(C)=O.C=CCO.C=CC[O-].CC1=NCCO1.C[O-].Cc1ccc(S(=O)(=O)Cl)cc1.O.[Na+]. The van der Waals surface area contributed by atoms with Crippen molar-refractivity contribution in [1.29, 1.82) is 0 Å². The fraction of sp³-hybridized carbons (Fsp3) is 0.545. The zero-order valence-electron chi connectivity index (χ0n) is 40.4. The van der Waals surface area contributed by atoms with Crippen molar-refractivity contribution >= 4 is 43.4 Å². The van der Waals surface area contributed by atoms with Crippen LogP contribution < -0.4 is 39.8 Å². The average molecular weight is 976 g/mol. The first-order chi connectivity index (χ1) is 29.8. The summed E-state index contributed by atoms with van der Waals surface area (Å²) < 4.78 is 36.6. The number of aliphatic hydroxyl groups is 2. The average Bonchev–Trinajstić information content (AvgIpc) is 3.92. The first-order valence-electron chi connectivity index (χ1n) is 19.8. The van der Waals surface area contributed by atoms with E-state index in [1.165, 1.54) is 36.1 Å². The van der Waals surface area contributed by atoms with E-state index in [0.29, 0.717) is 39.3 Å². The number of carbonyl (C=O) groups excluding carboxylic acids is 3. The van der Waals surface area contributed by atoms with Crippen molar-refractivity contribution in [3.63, 3.8) is 0 Å². The monoisotopic (exact) mass is 974 g/mol. The van der Waals surface area contributed by atoms with Gasteiger partial charge in [-0.1, -0.05) is 42.0 Å². The molecule has 2 aliphatic rings. The summed E-state index contributed by atoms with van der Waals surface area (Å²) in [6.45, 7) is 35.7. The Morgan fingerprint density at radius 3 is 1.55 bits per heavy atom. The van der Waals surface area contributed by atoms with Gasteiger partial charge in [0.15, 0.2) is 5.90 Å². The van der Waals surface area contributed by atoms with Crippen LogP contribution in [0.5, 0.6) is 0 Å². The van der Waals surface area contributed by atoms with Gasteiger partial charge >= 0.3 is 29.6 Å². The van der Waals surface area contributed by atoms with Crippen LogP contribution in [0.15, 0.2) is 97.4 Å². The molecule has 0 radical (unpaired) electrons. The molecule has 1 aromatic rings. The quantitative estimate of drug-likeness (QED) is 0.104. The Hall–Kier alpha value is -3.28. The molecule has 3 amide bonds. The maximum atomic E-state index is 11.2. The predicted molar refractivity (Wildman–Crippen MR) is 253 cm³/mol. The second-order valence-corrected chi connectivity index (χ2v) is 15.0. The number of carbonyl (C=O) groups is 3. The van der Waals surface area contributed by atoms with Crippen LogP contribution >= 0.6 is 10.7 Å². The number of methoxy groups -OCH3 is 1. The molecular formula is C44H78ClN5NaO13S-. The summed E-state index contributed by atoms with van der Waals surface area (Å²) in [5.74, 6) is 0.952. The van der Waals surface area contributed by atoms with Gasteiger partial charge in [0, 0.05) is 97.8 Å². The van der Waals surface area contributed by atoms with Crippen LogP contribution in [0.3, 0.4) is 0 Å². The van der Waals surface area contributed by atoms with Crippen molar-refractivity contribution in [2.24, 2.45) is 4.99 Å². The Labute approximate surface area is 416 Å². The molecule has 0 saturated carbocycles. The number of hydrogen-bond acceptors (Lipinski definition) is 14. The minimum Gasteiger partial charge on any atom is -0.857 e. The maximum Gasteiger partial charge on any atom is 1.00 e. The second-order valence-electron chi connectivity index (χ2n) is 12.4. The summed E-state index contributed by atoms with van der Waals surface area (Å²) in [4.78, 5) is 44.1. The van der Waals surface area contributed by atoms with E-state index in [9.17, 15) is 27.9 Å². The normalized spacial score (nSPS) is 12.6. The van der Waals surface area contributed by atoms with Gasteiger partial charge in [0.2, 0.25) is 17.7 Å². The fourth-order valence-electron chi connectivity index (χ4n) is 4.23. The fourth-order valence-corrected chi connectivity index (χ4v) is 5.00. The molecule has 0 bridgehead atoms. The molecule has 0 spiro atoms. The number of hydrogen-bond donors (Lipinski definition) is 2. The third-order valence-electron chi connectivity index (χ3n) is 7.51. The number of ether oxygens (including phenoxy) is 3. The van der Waals surface area contributed by atoms with E-state index in [2.05, 4.69) is 42.8 Å². The van der Waals surface area contributed by atoms with Crippen LogP contribution in [0.4, 0.5) is 0 Å². The molecule has 1 atom stereocenters. The number of rotatable bonds is 17. The molecule has 0 aromatic heterocycles. The van der Waals surface area contributed by atoms with Crippen molar-refractivity contribution in [2.75, 3.05) is 113 Å². The molecule has 1 aromatic carbocycles. The van der Waals surface area contributed by atoms with Gasteiger partial charge in [0.1, 0.15) is 12.8 Å². The maximum absolute atomic E-state index is 11.2. The molecule has 21 heteroatoms. The van der Waals surface area contributed by atoms with Gasteiger partial charge in [-0.15, -0.1) is 45.6 Å². The van der Waals surface area contributed by atoms with Gasteiger partial charge in [0.05, 0.1) is 37.9 Å². The number of halogens is 1. The molecule has 1 saturated heterocycles. The first kappa shape index (κ1) is 76.0. The van der Waals surface area contributed by atoms with Gasteiger partial charge in [-0.25, -0.2) is 8.42 Å². The van der Waals surface area contributed by atoms with Crippen LogP contribution in [0, 0.1) is 6.92 Å². The molecule has 2 aliphatic heterocycles. The van der Waals surface area contributed by atoms with Crippen molar-refractivity contribution in [1.82, 2.24) is 19.6 Å². The van der Waals surface area contributed by atoms with Gasteiger partial charge in [-0.3, -0.25) is 24.3 Å². The number of benzene rings is 1. The summed E-state index contributed by atoms with van der Waals surface area (Å²) in [6, 6.07) is 6.37. The van der Waals surface area contributed by atoms with E-state index in [1.54, 1.807) is 61.1 Å². The molecule has 2 heterocycles. The molecule has 1 unspecified atom stereocenters. The minimum atomic E-state index is -3.55. The Balaban J connectivity index is -0.000000124. The van der Waals surface area contributed by atoms with Crippen LogP contribution in [0.1, 0.15) is 40.2 Å². The third-order valence-corrected chi connectivity index (χ3v) is 8.88. The van der Waals surface area contributed by atoms with E-state index in [0.717, 1.165) is 58.0 Å². The minimum absolute atomic E-state index is 0. The Morgan fingerprint density at radius 1 is 0.862 bits per heavy atom. The molecule has 3 rings (SSSR count). The van der Waals surface area contributed by atoms with Crippen LogP contribution in [0.2, 0.25) is 0 Å². The number of amides is 3. The number of aliphatic imine (C=N–C) groups is 1. The van der Waals surface area contributed by atoms with Gasteiger partial charge in [0.25, 0.3) is 9.05 Å². The van der Waals surface area contributed by atoms with Crippen LogP contribution in [0.25, 0.3) is 0 Å². The Kier molecular flexibility index (Phi) is 62.4. The Morgan fingerprint density at radius 2 is 1.29 bits per heavy atom. The molecule has 65 heavy (non-hydrogen) atoms. The van der Waals surface area contributed by atoms with Gasteiger partial charge in [-0.05, 0) is 26.0 Å². The van der Waals surface area contributed by atoms with Gasteiger partial charge < -0.3 is 54.8 Å². The predicted octanol–water partition coefficient (Wildman–Crippen LogP) is -1.41. The number of aryl methyl sites for hydroxylation is 1. The van der Waals surface area contributed by atoms with Crippen LogP contribution in [-0.4, -0.2) is 186 Å². The smallest absolute Gasteiger partial charge is 0.857 e. The van der Waals surface area contributed by atoms with E-state index in [1.807, 2.05) is 20.8 Å². The van der Waals surface area contributed by atoms with E-state index >= 15 is 0 Å². The van der Waals surface area contributed by atoms with Crippen molar-refractivity contribution in [2.45, 2.75) is 52.7 Å². The zero-order chi connectivity index (χ0) is 49.6. The number of aliphatic hydroxyl groups excluding tert-OH is 2. The third kappa shape index (κ3) is 50.0. The van der Waals surface area contributed by atoms with Gasteiger partial charge in [-0.2, -0.15) is 7.11 Å². The van der Waals surface area contributed by atoms with E-state index in [-0.39, 0.29) is 83.7 Å². The summed E-state index contributed by atoms with van der Waals surface area (Å²) in [7, 11) is 3.90. The second kappa shape index (κ2) is 53.3. The van der Waals surface area contributed by atoms with Crippen LogP contribution in [-0.2, 0) is 37.6 Å². The van der Waals surface area contributed by atoms with Crippen molar-refractivity contribution in [3.05, 3.63) is 93.1 Å². The standard InChI is InChI=1S/C11H20N2O2.C8H15NO2.C7H7ClO2S.C7H13NO2.C4H7NO.C3H6O.C3H5O.CH3O.Na.H2O/c1-4-5-12(10(2)14)6-7-13-8-9-15-11(13)3;1-4-5-9(8(2)10)6-7-11-3;1-6-2-4-7(5-3-6)11(8,9)10;1-3-4-8(5-6-9)7(2)10;1-4-5-2-3-6-4;2*1-2-3-4;1-2;;/h4,11H,1,5-9H2,2-3H3;4H,1,5-7H2,2-3H3;2-5H,1H3;3,9H,1,4-6H2,2H3;2-3H2,1H3;2,4H,1,3H2;2H,1,3H2;1H3;;1H2/q;;;;;;2*-1;+1;.